The van der Waals surface area contributed by atoms with Crippen LogP contribution in [0, 0.1) is 0 Å². The van der Waals surface area contributed by atoms with Gasteiger partial charge in [0, 0.05) is 33.2 Å². The number of primary amides is 1. The lowest BCUT2D eigenvalue weighted by Gasteiger charge is -2.23. The molecule has 40 heavy (non-hydrogen) atoms. The highest BCUT2D eigenvalue weighted by molar-refractivity contribution is 7.92. The molecule has 2 aromatic rings. The Morgan fingerprint density at radius 1 is 0.850 bits per heavy atom. The van der Waals surface area contributed by atoms with E-state index in [1.165, 1.54) is 48.7 Å². The van der Waals surface area contributed by atoms with Crippen LogP contribution in [0.2, 0.25) is 0 Å². The van der Waals surface area contributed by atoms with Gasteiger partial charge in [-0.1, -0.05) is 56.2 Å². The molecule has 0 aromatic heterocycles. The number of aryl methyl sites for hydroxylation is 1. The van der Waals surface area contributed by atoms with E-state index in [0.717, 1.165) is 64.1 Å². The number of nitrogens with two attached hydrogens (primary N) is 1. The Morgan fingerprint density at radius 2 is 1.48 bits per heavy atom. The van der Waals surface area contributed by atoms with E-state index in [-0.39, 0.29) is 18.2 Å². The van der Waals surface area contributed by atoms with E-state index in [2.05, 4.69) is 47.9 Å². The van der Waals surface area contributed by atoms with Gasteiger partial charge in [0.25, 0.3) is 0 Å². The van der Waals surface area contributed by atoms with Crippen LogP contribution in [-0.4, -0.2) is 70.0 Å². The molecule has 2 aromatic carbocycles. The highest BCUT2D eigenvalue weighted by atomic mass is 32.2. The fraction of sp³-hybridized carbons (Fsp3) is 0.581. The molecule has 9 heteroatoms. The fourth-order valence-electron chi connectivity index (χ4n) is 4.40. The van der Waals surface area contributed by atoms with Crippen LogP contribution in [0.4, 0.5) is 5.69 Å². The Bertz CT molecular complexity index is 1060. The third-order valence-electron chi connectivity index (χ3n) is 6.52. The maximum atomic E-state index is 12.1. The predicted octanol–water partition coefficient (Wildman–Crippen LogP) is 5.13. The van der Waals surface area contributed by atoms with Crippen LogP contribution < -0.4 is 10.0 Å². The Hall–Kier alpha value is -2.62. The van der Waals surface area contributed by atoms with Gasteiger partial charge in [-0.05, 0) is 81.8 Å². The number of nitrogens with zero attached hydrogens (tertiary/aromatic N) is 2. The number of phenols is 1. The van der Waals surface area contributed by atoms with Gasteiger partial charge >= 0.3 is 0 Å². The number of rotatable bonds is 19. The second-order valence-corrected chi connectivity index (χ2v) is 11.9. The molecule has 0 aliphatic heterocycles. The molecule has 0 saturated carbocycles. The summed E-state index contributed by atoms with van der Waals surface area (Å²) < 4.78 is 31.2. The highest BCUT2D eigenvalue weighted by Gasteiger charge is 2.19. The molecule has 0 bridgehead atoms. The molecule has 3 N–H and O–H groups in total. The van der Waals surface area contributed by atoms with Crippen molar-refractivity contribution in [2.24, 2.45) is 5.73 Å². The minimum absolute atomic E-state index is 0.00506. The van der Waals surface area contributed by atoms with Crippen molar-refractivity contribution in [1.29, 1.82) is 0 Å². The molecule has 226 valence electrons. The van der Waals surface area contributed by atoms with Crippen LogP contribution in [0.25, 0.3) is 0 Å². The quantitative estimate of drug-likeness (QED) is 0.224. The molecule has 8 nitrogen and oxygen atoms in total. The second-order valence-electron chi connectivity index (χ2n) is 10.0. The first-order chi connectivity index (χ1) is 19.1. The predicted molar refractivity (Wildman–Crippen MR) is 165 cm³/mol. The lowest BCUT2D eigenvalue weighted by Crippen LogP contribution is -2.30. The largest absolute Gasteiger partial charge is 0.506 e. The molecule has 0 atom stereocenters. The normalized spacial score (nSPS) is 11.2. The molecule has 0 aliphatic carbocycles. The standard InChI is InChI=1S/C29H46N2O4S.C2H5NO/c1-4-30(22-20-27-18-19-29(32)28(25-27)31(5-2)36(3,33)34)21-12-6-7-13-23-35-24-14-11-17-26-15-9-8-10-16-26;1-2(3)4/h8-10,15-16,18-19,25,32H,4-7,11-14,17,20-24H2,1-3H3;1H3,(H2,3,4). The summed E-state index contributed by atoms with van der Waals surface area (Å²) >= 11 is 0. The van der Waals surface area contributed by atoms with Crippen LogP contribution in [0.15, 0.2) is 48.5 Å². The maximum Gasteiger partial charge on any atom is 0.232 e. The summed E-state index contributed by atoms with van der Waals surface area (Å²) in [5.74, 6) is -0.338. The molecule has 0 spiro atoms. The van der Waals surface area contributed by atoms with Crippen molar-refractivity contribution in [3.8, 4) is 5.75 Å². The van der Waals surface area contributed by atoms with Gasteiger partial charge in [-0.3, -0.25) is 9.10 Å². The summed E-state index contributed by atoms with van der Waals surface area (Å²) in [5, 5.41) is 10.2. The lowest BCUT2D eigenvalue weighted by molar-refractivity contribution is -0.115. The van der Waals surface area contributed by atoms with E-state index in [0.29, 0.717) is 5.69 Å². The summed E-state index contributed by atoms with van der Waals surface area (Å²) in [6.45, 7) is 10.2. The number of aromatic hydroxyl groups is 1. The zero-order valence-electron chi connectivity index (χ0n) is 25.0. The Balaban J connectivity index is 0.00000187. The van der Waals surface area contributed by atoms with Crippen LogP contribution in [-0.2, 0) is 32.4 Å². The van der Waals surface area contributed by atoms with Gasteiger partial charge in [-0.25, -0.2) is 8.42 Å². The number of anilines is 1. The monoisotopic (exact) mass is 577 g/mol. The Labute approximate surface area is 242 Å². The van der Waals surface area contributed by atoms with Gasteiger partial charge in [0.1, 0.15) is 5.75 Å². The third kappa shape index (κ3) is 15.8. The van der Waals surface area contributed by atoms with Crippen LogP contribution in [0.3, 0.4) is 0 Å². The van der Waals surface area contributed by atoms with E-state index in [1.807, 2.05) is 6.07 Å². The number of sulfonamides is 1. The average molecular weight is 578 g/mol. The molecule has 0 radical (unpaired) electrons. The highest BCUT2D eigenvalue weighted by Crippen LogP contribution is 2.30. The summed E-state index contributed by atoms with van der Waals surface area (Å²) in [6.07, 6.45) is 10.1. The van der Waals surface area contributed by atoms with Crippen molar-refractivity contribution >= 4 is 21.6 Å². The molecule has 0 saturated heterocycles. The summed E-state index contributed by atoms with van der Waals surface area (Å²) in [5.41, 5.74) is 7.27. The number of hydrogen-bond donors (Lipinski definition) is 2. The fourth-order valence-corrected chi connectivity index (χ4v) is 5.37. The Morgan fingerprint density at radius 3 is 2.08 bits per heavy atom. The van der Waals surface area contributed by atoms with Crippen molar-refractivity contribution in [2.75, 3.05) is 50.0 Å². The Kier molecular flexibility index (Phi) is 18.0. The van der Waals surface area contributed by atoms with Crippen molar-refractivity contribution in [3.05, 3.63) is 59.7 Å². The van der Waals surface area contributed by atoms with E-state index in [1.54, 1.807) is 19.1 Å². The average Bonchev–Trinajstić information content (AvgIpc) is 2.90. The number of phenolic OH excluding ortho intramolecular Hbond substituents is 1. The molecule has 0 aliphatic rings. The minimum atomic E-state index is -3.43. The third-order valence-corrected chi connectivity index (χ3v) is 7.78. The molecular formula is C31H51N3O5S. The molecule has 2 rings (SSSR count). The summed E-state index contributed by atoms with van der Waals surface area (Å²) in [4.78, 5) is 11.7. The number of unbranched alkanes of at least 4 members (excludes halogenated alkanes) is 4. The van der Waals surface area contributed by atoms with Gasteiger partial charge in [0.15, 0.2) is 0 Å². The number of ether oxygens (including phenoxy) is 1. The van der Waals surface area contributed by atoms with Gasteiger partial charge in [0.05, 0.1) is 11.9 Å². The first kappa shape index (κ1) is 35.4. The zero-order chi connectivity index (χ0) is 29.8. The SMILES string of the molecule is CC(N)=O.CCN(CCCCCCOCCCCc1ccccc1)CCc1ccc(O)c(N(CC)S(C)(=O)=O)c1. The van der Waals surface area contributed by atoms with Gasteiger partial charge in [-0.2, -0.15) is 0 Å². The van der Waals surface area contributed by atoms with E-state index < -0.39 is 10.0 Å². The first-order valence-corrected chi connectivity index (χ1v) is 16.3. The number of carbonyl (C=O) groups excluding carboxylic acids is 1. The molecule has 0 fully saturated rings. The van der Waals surface area contributed by atoms with Crippen molar-refractivity contribution in [1.82, 2.24) is 4.90 Å². The van der Waals surface area contributed by atoms with Gasteiger partial charge < -0.3 is 20.5 Å². The van der Waals surface area contributed by atoms with Gasteiger partial charge in [-0.15, -0.1) is 0 Å². The molecule has 0 unspecified atom stereocenters. The number of amides is 1. The van der Waals surface area contributed by atoms with Crippen LogP contribution in [0.5, 0.6) is 5.75 Å². The summed E-state index contributed by atoms with van der Waals surface area (Å²) in [7, 11) is -3.43. The molecule has 1 amide bonds. The number of likely N-dealkylation sites (N-methyl/N-ethyl adjacent to an activating group) is 1. The zero-order valence-corrected chi connectivity index (χ0v) is 25.8. The van der Waals surface area contributed by atoms with Crippen molar-refractivity contribution < 1.29 is 23.1 Å². The number of hydrogen-bond acceptors (Lipinski definition) is 6. The van der Waals surface area contributed by atoms with Crippen molar-refractivity contribution in [3.63, 3.8) is 0 Å². The van der Waals surface area contributed by atoms with Gasteiger partial charge in [0.2, 0.25) is 15.9 Å². The topological polar surface area (TPSA) is 113 Å². The number of carbonyl (C=O) groups is 1. The van der Waals surface area contributed by atoms with Crippen LogP contribution >= 0.6 is 0 Å². The molecular weight excluding hydrogens is 526 g/mol. The minimum Gasteiger partial charge on any atom is -0.506 e. The first-order valence-electron chi connectivity index (χ1n) is 14.5. The second kappa shape index (κ2) is 20.3. The van der Waals surface area contributed by atoms with E-state index >= 15 is 0 Å². The van der Waals surface area contributed by atoms with E-state index in [9.17, 15) is 18.3 Å². The molecule has 0 heterocycles. The smallest absolute Gasteiger partial charge is 0.232 e. The summed E-state index contributed by atoms with van der Waals surface area (Å²) in [6, 6.07) is 15.9. The van der Waals surface area contributed by atoms with E-state index in [4.69, 9.17) is 4.74 Å². The maximum absolute atomic E-state index is 12.1. The van der Waals surface area contributed by atoms with Crippen LogP contribution in [0.1, 0.15) is 70.4 Å². The lowest BCUT2D eigenvalue weighted by atomic mass is 10.1. The number of benzene rings is 2. The van der Waals surface area contributed by atoms with Crippen molar-refractivity contribution in [2.45, 2.75) is 72.1 Å².